The van der Waals surface area contributed by atoms with Gasteiger partial charge in [-0.3, -0.25) is 9.97 Å². The van der Waals surface area contributed by atoms with Crippen LogP contribution in [0.5, 0.6) is 0 Å². The molecule has 1 aliphatic heterocycles. The Morgan fingerprint density at radius 3 is 2.95 bits per heavy atom. The first-order valence-electron chi connectivity index (χ1n) is 7.12. The summed E-state index contributed by atoms with van der Waals surface area (Å²) in [4.78, 5) is 19.7. The molecule has 0 N–H and O–H groups in total. The first-order valence-corrected chi connectivity index (χ1v) is 7.12. The number of rotatable bonds is 2. The number of anilines is 1. The Bertz CT molecular complexity index is 753. The summed E-state index contributed by atoms with van der Waals surface area (Å²) >= 11 is 0. The van der Waals surface area contributed by atoms with Crippen LogP contribution in [0.4, 0.5) is 5.82 Å². The summed E-state index contributed by atoms with van der Waals surface area (Å²) < 4.78 is 0. The SMILES string of the molecule is c1ccc(C2CCN(c3ncnc4cnccc34)C2)nc1. The van der Waals surface area contributed by atoms with E-state index in [2.05, 4.69) is 37.0 Å². The minimum atomic E-state index is 0.470. The summed E-state index contributed by atoms with van der Waals surface area (Å²) in [6.07, 6.45) is 8.17. The van der Waals surface area contributed by atoms with Gasteiger partial charge in [0.25, 0.3) is 0 Å². The molecule has 0 saturated carbocycles. The van der Waals surface area contributed by atoms with Crippen LogP contribution in [0.25, 0.3) is 10.9 Å². The Balaban J connectivity index is 1.66. The Labute approximate surface area is 122 Å². The van der Waals surface area contributed by atoms with Crippen molar-refractivity contribution in [2.24, 2.45) is 0 Å². The van der Waals surface area contributed by atoms with Crippen LogP contribution < -0.4 is 4.90 Å². The molecule has 0 spiro atoms. The largest absolute Gasteiger partial charge is 0.355 e. The Morgan fingerprint density at radius 1 is 1.05 bits per heavy atom. The van der Waals surface area contributed by atoms with Gasteiger partial charge in [0.15, 0.2) is 0 Å². The van der Waals surface area contributed by atoms with E-state index in [4.69, 9.17) is 0 Å². The molecule has 3 aromatic rings. The molecule has 0 aromatic carbocycles. The van der Waals surface area contributed by atoms with Crippen molar-refractivity contribution in [1.29, 1.82) is 0 Å². The Hall–Kier alpha value is -2.56. The molecule has 1 unspecified atom stereocenters. The molecule has 0 aliphatic carbocycles. The van der Waals surface area contributed by atoms with E-state index in [1.54, 1.807) is 18.7 Å². The van der Waals surface area contributed by atoms with Gasteiger partial charge >= 0.3 is 0 Å². The molecule has 4 rings (SSSR count). The van der Waals surface area contributed by atoms with Crippen molar-refractivity contribution in [3.8, 4) is 0 Å². The minimum absolute atomic E-state index is 0.470. The van der Waals surface area contributed by atoms with Crippen LogP contribution in [0, 0.1) is 0 Å². The zero-order valence-corrected chi connectivity index (χ0v) is 11.6. The normalized spacial score (nSPS) is 18.3. The number of hydrogen-bond acceptors (Lipinski definition) is 5. The van der Waals surface area contributed by atoms with Gasteiger partial charge < -0.3 is 4.90 Å². The zero-order chi connectivity index (χ0) is 14.1. The standard InChI is InChI=1S/C16H15N5/c1-2-6-18-14(3-1)12-5-8-21(10-12)16-13-4-7-17-9-15(13)19-11-20-16/h1-4,6-7,9,11-12H,5,8,10H2. The quantitative estimate of drug-likeness (QED) is 0.720. The molecule has 3 aromatic heterocycles. The number of hydrogen-bond donors (Lipinski definition) is 0. The van der Waals surface area contributed by atoms with Gasteiger partial charge in [0.2, 0.25) is 0 Å². The van der Waals surface area contributed by atoms with E-state index in [9.17, 15) is 0 Å². The summed E-state index contributed by atoms with van der Waals surface area (Å²) in [6.45, 7) is 1.95. The summed E-state index contributed by atoms with van der Waals surface area (Å²) in [5.74, 6) is 1.47. The Morgan fingerprint density at radius 2 is 2.05 bits per heavy atom. The molecule has 1 aliphatic rings. The fraction of sp³-hybridized carbons (Fsp3) is 0.250. The molecule has 4 heterocycles. The maximum Gasteiger partial charge on any atom is 0.140 e. The van der Waals surface area contributed by atoms with Gasteiger partial charge in [-0.15, -0.1) is 0 Å². The molecule has 5 nitrogen and oxygen atoms in total. The predicted octanol–water partition coefficient (Wildman–Crippen LogP) is 2.41. The lowest BCUT2D eigenvalue weighted by Gasteiger charge is -2.18. The van der Waals surface area contributed by atoms with E-state index in [1.165, 1.54) is 5.69 Å². The third-order valence-electron chi connectivity index (χ3n) is 4.01. The zero-order valence-electron chi connectivity index (χ0n) is 11.6. The predicted molar refractivity (Wildman–Crippen MR) is 81.1 cm³/mol. The summed E-state index contributed by atoms with van der Waals surface area (Å²) in [5.41, 5.74) is 2.06. The second kappa shape index (κ2) is 5.09. The molecule has 5 heteroatoms. The lowest BCUT2D eigenvalue weighted by molar-refractivity contribution is 0.744. The highest BCUT2D eigenvalue weighted by molar-refractivity contribution is 5.88. The molecule has 1 atom stereocenters. The molecule has 0 radical (unpaired) electrons. The molecule has 0 amide bonds. The molecule has 1 saturated heterocycles. The minimum Gasteiger partial charge on any atom is -0.355 e. The molecule has 1 fully saturated rings. The second-order valence-electron chi connectivity index (χ2n) is 5.28. The van der Waals surface area contributed by atoms with Crippen molar-refractivity contribution in [2.75, 3.05) is 18.0 Å². The van der Waals surface area contributed by atoms with Crippen molar-refractivity contribution in [2.45, 2.75) is 12.3 Å². The monoisotopic (exact) mass is 277 g/mol. The van der Waals surface area contributed by atoms with Crippen molar-refractivity contribution >= 4 is 16.7 Å². The maximum absolute atomic E-state index is 4.48. The number of aromatic nitrogens is 4. The van der Waals surface area contributed by atoms with Crippen molar-refractivity contribution in [3.63, 3.8) is 0 Å². The second-order valence-corrected chi connectivity index (χ2v) is 5.28. The van der Waals surface area contributed by atoms with E-state index in [1.807, 2.05) is 18.3 Å². The van der Waals surface area contributed by atoms with Crippen LogP contribution in [0.1, 0.15) is 18.0 Å². The highest BCUT2D eigenvalue weighted by Crippen LogP contribution is 2.31. The average molecular weight is 277 g/mol. The lowest BCUT2D eigenvalue weighted by atomic mass is 10.0. The topological polar surface area (TPSA) is 54.8 Å². The highest BCUT2D eigenvalue weighted by atomic mass is 15.2. The van der Waals surface area contributed by atoms with E-state index in [0.717, 1.165) is 36.2 Å². The van der Waals surface area contributed by atoms with E-state index in [0.29, 0.717) is 5.92 Å². The highest BCUT2D eigenvalue weighted by Gasteiger charge is 2.26. The first kappa shape index (κ1) is 12.2. The Kier molecular flexibility index (Phi) is 2.96. The van der Waals surface area contributed by atoms with Crippen molar-refractivity contribution < 1.29 is 0 Å². The molecular weight excluding hydrogens is 262 g/mol. The van der Waals surface area contributed by atoms with Crippen LogP contribution in [-0.4, -0.2) is 33.0 Å². The number of nitrogens with zero attached hydrogens (tertiary/aromatic N) is 5. The lowest BCUT2D eigenvalue weighted by Crippen LogP contribution is -2.21. The van der Waals surface area contributed by atoms with Gasteiger partial charge in [-0.25, -0.2) is 9.97 Å². The van der Waals surface area contributed by atoms with Crippen molar-refractivity contribution in [1.82, 2.24) is 19.9 Å². The van der Waals surface area contributed by atoms with Gasteiger partial charge in [-0.2, -0.15) is 0 Å². The van der Waals surface area contributed by atoms with Gasteiger partial charge in [-0.1, -0.05) is 6.07 Å². The fourth-order valence-corrected chi connectivity index (χ4v) is 2.96. The first-order chi connectivity index (χ1) is 10.4. The van der Waals surface area contributed by atoms with Gasteiger partial charge in [0.1, 0.15) is 12.1 Å². The van der Waals surface area contributed by atoms with E-state index in [-0.39, 0.29) is 0 Å². The summed E-state index contributed by atoms with van der Waals surface area (Å²) in [6, 6.07) is 8.10. The van der Waals surface area contributed by atoms with Crippen molar-refractivity contribution in [3.05, 3.63) is 54.9 Å². The smallest absolute Gasteiger partial charge is 0.140 e. The fourth-order valence-electron chi connectivity index (χ4n) is 2.96. The molecule has 104 valence electrons. The average Bonchev–Trinajstić information content (AvgIpc) is 3.05. The summed E-state index contributed by atoms with van der Waals surface area (Å²) in [5, 5.41) is 1.06. The van der Waals surface area contributed by atoms with Crippen LogP contribution in [0.3, 0.4) is 0 Å². The van der Waals surface area contributed by atoms with Gasteiger partial charge in [0.05, 0.1) is 11.7 Å². The number of pyridine rings is 2. The van der Waals surface area contributed by atoms with Crippen LogP contribution >= 0.6 is 0 Å². The van der Waals surface area contributed by atoms with E-state index >= 15 is 0 Å². The third-order valence-corrected chi connectivity index (χ3v) is 4.01. The van der Waals surface area contributed by atoms with Crippen LogP contribution in [0.15, 0.2) is 49.2 Å². The van der Waals surface area contributed by atoms with Gasteiger partial charge in [-0.05, 0) is 24.6 Å². The molecular formula is C16H15N5. The number of fused-ring (bicyclic) bond motifs is 1. The maximum atomic E-state index is 4.48. The van der Waals surface area contributed by atoms with Gasteiger partial charge in [0, 0.05) is 42.5 Å². The summed E-state index contributed by atoms with van der Waals surface area (Å²) in [7, 11) is 0. The molecule has 21 heavy (non-hydrogen) atoms. The van der Waals surface area contributed by atoms with Crippen LogP contribution in [-0.2, 0) is 0 Å². The molecule has 0 bridgehead atoms. The van der Waals surface area contributed by atoms with Crippen LogP contribution in [0.2, 0.25) is 0 Å². The third kappa shape index (κ3) is 2.20. The van der Waals surface area contributed by atoms with E-state index < -0.39 is 0 Å².